The van der Waals surface area contributed by atoms with Gasteiger partial charge in [0.15, 0.2) is 0 Å². The van der Waals surface area contributed by atoms with Crippen molar-refractivity contribution in [1.29, 1.82) is 0 Å². The number of pyridine rings is 1. The Labute approximate surface area is 137 Å². The van der Waals surface area contributed by atoms with Crippen LogP contribution in [-0.2, 0) is 11.2 Å². The zero-order valence-electron chi connectivity index (χ0n) is 12.6. The van der Waals surface area contributed by atoms with Gasteiger partial charge in [-0.15, -0.1) is 0 Å². The molecule has 0 radical (unpaired) electrons. The molecule has 2 aromatic carbocycles. The largest absolute Gasteiger partial charge is 0.481 e. The summed E-state index contributed by atoms with van der Waals surface area (Å²) in [6.07, 6.45) is -0.186. The van der Waals surface area contributed by atoms with Crippen LogP contribution in [0.25, 0.3) is 10.9 Å². The van der Waals surface area contributed by atoms with E-state index in [4.69, 9.17) is 10.2 Å². The number of fused-ring (bicyclic) bond motifs is 1. The lowest BCUT2D eigenvalue weighted by Crippen LogP contribution is -2.04. The number of rotatable bonds is 5. The highest BCUT2D eigenvalue weighted by atomic mass is 16.4. The van der Waals surface area contributed by atoms with Crippen LogP contribution in [0.1, 0.15) is 16.1 Å². The Morgan fingerprint density at radius 2 is 1.79 bits per heavy atom. The van der Waals surface area contributed by atoms with Crippen molar-refractivity contribution in [1.82, 2.24) is 4.98 Å². The highest BCUT2D eigenvalue weighted by Crippen LogP contribution is 2.27. The smallest absolute Gasteiger partial charge is 0.335 e. The van der Waals surface area contributed by atoms with Gasteiger partial charge in [0.05, 0.1) is 23.2 Å². The van der Waals surface area contributed by atoms with Gasteiger partial charge in [-0.1, -0.05) is 24.3 Å². The number of carbonyl (C=O) groups is 2. The summed E-state index contributed by atoms with van der Waals surface area (Å²) in [6.45, 7) is 0. The lowest BCUT2D eigenvalue weighted by molar-refractivity contribution is -0.136. The van der Waals surface area contributed by atoms with E-state index in [9.17, 15) is 9.59 Å². The van der Waals surface area contributed by atoms with E-state index in [2.05, 4.69) is 10.3 Å². The molecule has 0 saturated carbocycles. The number of aromatic carboxylic acids is 1. The van der Waals surface area contributed by atoms with Crippen LogP contribution in [0.3, 0.4) is 0 Å². The number of anilines is 2. The summed E-state index contributed by atoms with van der Waals surface area (Å²) in [5.74, 6) is -1.97. The first-order valence-corrected chi connectivity index (χ1v) is 7.24. The third-order valence-corrected chi connectivity index (χ3v) is 3.49. The van der Waals surface area contributed by atoms with Crippen LogP contribution in [0, 0.1) is 0 Å². The number of aliphatic carboxylic acids is 1. The average molecular weight is 322 g/mol. The fourth-order valence-corrected chi connectivity index (χ4v) is 2.46. The minimum absolute atomic E-state index is 0.170. The van der Waals surface area contributed by atoms with Crippen molar-refractivity contribution in [3.05, 3.63) is 65.9 Å². The second kappa shape index (κ2) is 6.37. The molecule has 6 heteroatoms. The number of nitrogens with one attached hydrogen (secondary N) is 1. The van der Waals surface area contributed by atoms with Crippen LogP contribution < -0.4 is 5.32 Å². The number of hydrogen-bond donors (Lipinski definition) is 3. The van der Waals surface area contributed by atoms with Gasteiger partial charge >= 0.3 is 11.9 Å². The summed E-state index contributed by atoms with van der Waals surface area (Å²) in [5.41, 5.74) is 2.56. The van der Waals surface area contributed by atoms with E-state index < -0.39 is 11.9 Å². The van der Waals surface area contributed by atoms with Gasteiger partial charge in [0.1, 0.15) is 0 Å². The molecule has 0 aliphatic rings. The quantitative estimate of drug-likeness (QED) is 0.666. The minimum atomic E-state index is -1.01. The van der Waals surface area contributed by atoms with Gasteiger partial charge in [-0.2, -0.15) is 0 Å². The van der Waals surface area contributed by atoms with Crippen molar-refractivity contribution in [2.75, 3.05) is 5.32 Å². The molecule has 0 aliphatic carbocycles. The predicted molar refractivity (Wildman–Crippen MR) is 89.8 cm³/mol. The van der Waals surface area contributed by atoms with Crippen LogP contribution in [0.5, 0.6) is 0 Å². The van der Waals surface area contributed by atoms with Crippen molar-refractivity contribution in [3.8, 4) is 0 Å². The first-order valence-electron chi connectivity index (χ1n) is 7.24. The molecule has 0 saturated heterocycles. The SMILES string of the molecule is O=C(O)Cc1cc(Nc2cccc(C(=O)O)c2)c2ccccc2n1. The van der Waals surface area contributed by atoms with Crippen molar-refractivity contribution in [2.24, 2.45) is 0 Å². The second-order valence-corrected chi connectivity index (χ2v) is 5.26. The highest BCUT2D eigenvalue weighted by molar-refractivity contribution is 5.94. The van der Waals surface area contributed by atoms with Gasteiger partial charge in [-0.3, -0.25) is 9.78 Å². The summed E-state index contributed by atoms with van der Waals surface area (Å²) in [7, 11) is 0. The number of para-hydroxylation sites is 1. The molecule has 1 aromatic heterocycles. The summed E-state index contributed by atoms with van der Waals surface area (Å²) in [4.78, 5) is 26.4. The van der Waals surface area contributed by atoms with Crippen LogP contribution >= 0.6 is 0 Å². The standard InChI is InChI=1S/C18H14N2O4/c21-17(22)10-13-9-16(14-6-1-2-7-15(14)20-13)19-12-5-3-4-11(8-12)18(23)24/h1-9H,10H2,(H,19,20)(H,21,22)(H,23,24). The fourth-order valence-electron chi connectivity index (χ4n) is 2.46. The Morgan fingerprint density at radius 1 is 1.00 bits per heavy atom. The molecule has 0 unspecified atom stereocenters. The van der Waals surface area contributed by atoms with E-state index in [-0.39, 0.29) is 12.0 Å². The molecule has 0 amide bonds. The molecule has 3 aromatic rings. The van der Waals surface area contributed by atoms with Gasteiger partial charge < -0.3 is 15.5 Å². The maximum absolute atomic E-state index is 11.1. The first kappa shape index (κ1) is 15.5. The van der Waals surface area contributed by atoms with Crippen LogP contribution in [0.15, 0.2) is 54.6 Å². The lowest BCUT2D eigenvalue weighted by atomic mass is 10.1. The van der Waals surface area contributed by atoms with E-state index in [0.29, 0.717) is 22.6 Å². The lowest BCUT2D eigenvalue weighted by Gasteiger charge is -2.12. The second-order valence-electron chi connectivity index (χ2n) is 5.26. The maximum Gasteiger partial charge on any atom is 0.335 e. The Bertz CT molecular complexity index is 937. The molecule has 1 heterocycles. The summed E-state index contributed by atoms with van der Waals surface area (Å²) < 4.78 is 0. The molecule has 120 valence electrons. The van der Waals surface area contributed by atoms with Gasteiger partial charge in [-0.05, 0) is 30.3 Å². The normalized spacial score (nSPS) is 10.5. The Balaban J connectivity index is 2.05. The van der Waals surface area contributed by atoms with Crippen molar-refractivity contribution >= 4 is 34.2 Å². The van der Waals surface area contributed by atoms with Gasteiger partial charge in [0, 0.05) is 16.8 Å². The van der Waals surface area contributed by atoms with Crippen LogP contribution in [0.4, 0.5) is 11.4 Å². The molecule has 6 nitrogen and oxygen atoms in total. The summed E-state index contributed by atoms with van der Waals surface area (Å²) >= 11 is 0. The minimum Gasteiger partial charge on any atom is -0.481 e. The summed E-state index contributed by atoms with van der Waals surface area (Å²) in [6, 6.07) is 15.5. The van der Waals surface area contributed by atoms with E-state index in [1.165, 1.54) is 12.1 Å². The zero-order valence-corrected chi connectivity index (χ0v) is 12.6. The molecule has 0 fully saturated rings. The highest BCUT2D eigenvalue weighted by Gasteiger charge is 2.10. The number of hydrogen-bond acceptors (Lipinski definition) is 4. The topological polar surface area (TPSA) is 99.5 Å². The first-order chi connectivity index (χ1) is 11.5. The molecular weight excluding hydrogens is 308 g/mol. The molecule has 24 heavy (non-hydrogen) atoms. The van der Waals surface area contributed by atoms with Crippen LogP contribution in [-0.4, -0.2) is 27.1 Å². The number of carboxylic acids is 2. The fraction of sp³-hybridized carbons (Fsp3) is 0.0556. The van der Waals surface area contributed by atoms with Gasteiger partial charge in [-0.25, -0.2) is 4.79 Å². The van der Waals surface area contributed by atoms with Crippen molar-refractivity contribution in [2.45, 2.75) is 6.42 Å². The van der Waals surface area contributed by atoms with Crippen LogP contribution in [0.2, 0.25) is 0 Å². The van der Waals surface area contributed by atoms with E-state index in [0.717, 1.165) is 5.39 Å². The Kier molecular flexibility index (Phi) is 4.11. The molecule has 0 aliphatic heterocycles. The number of nitrogens with zero attached hydrogens (tertiary/aromatic N) is 1. The molecule has 3 rings (SSSR count). The zero-order chi connectivity index (χ0) is 17.1. The third kappa shape index (κ3) is 3.33. The average Bonchev–Trinajstić information content (AvgIpc) is 2.54. The molecular formula is C18H14N2O4. The molecule has 0 bridgehead atoms. The maximum atomic E-state index is 11.1. The number of carboxylic acid groups (broad SMARTS) is 2. The number of aromatic nitrogens is 1. The number of benzene rings is 2. The Morgan fingerprint density at radius 3 is 2.54 bits per heavy atom. The van der Waals surface area contributed by atoms with Crippen molar-refractivity contribution < 1.29 is 19.8 Å². The monoisotopic (exact) mass is 322 g/mol. The van der Waals surface area contributed by atoms with E-state index in [1.54, 1.807) is 24.3 Å². The van der Waals surface area contributed by atoms with Gasteiger partial charge in [0.25, 0.3) is 0 Å². The predicted octanol–water partition coefficient (Wildman–Crippen LogP) is 3.30. The van der Waals surface area contributed by atoms with E-state index in [1.807, 2.05) is 18.2 Å². The third-order valence-electron chi connectivity index (χ3n) is 3.49. The Hall–Kier alpha value is -3.41. The van der Waals surface area contributed by atoms with Crippen molar-refractivity contribution in [3.63, 3.8) is 0 Å². The summed E-state index contributed by atoms with van der Waals surface area (Å²) in [5, 5.41) is 22.1. The van der Waals surface area contributed by atoms with E-state index >= 15 is 0 Å². The van der Waals surface area contributed by atoms with Gasteiger partial charge in [0.2, 0.25) is 0 Å². The molecule has 0 atom stereocenters. The molecule has 0 spiro atoms. The molecule has 3 N–H and O–H groups in total.